The predicted octanol–water partition coefficient (Wildman–Crippen LogP) is 2.07. The van der Waals surface area contributed by atoms with Crippen LogP contribution in [0.4, 0.5) is 0 Å². The molecular weight excluding hydrogens is 346 g/mol. The van der Waals surface area contributed by atoms with Crippen molar-refractivity contribution in [2.24, 2.45) is 0 Å². The molecule has 6 nitrogen and oxygen atoms in total. The summed E-state index contributed by atoms with van der Waals surface area (Å²) in [5.41, 5.74) is 0.784. The standard InChI is InChI=1S/C16H21N3O3S2/c1-3-18-10-13(9-17-18)14-11-24(21,22)8-6-19(14)16(20)12(2)15-5-4-7-23-15/h4-5,7,9-10,12,14H,3,6,8,11H2,1-2H3. The lowest BCUT2D eigenvalue weighted by atomic mass is 10.0. The average molecular weight is 367 g/mol. The van der Waals surface area contributed by atoms with Gasteiger partial charge in [-0.05, 0) is 25.3 Å². The Morgan fingerprint density at radius 1 is 1.50 bits per heavy atom. The third kappa shape index (κ3) is 3.39. The van der Waals surface area contributed by atoms with E-state index in [0.717, 1.165) is 10.4 Å². The highest BCUT2D eigenvalue weighted by molar-refractivity contribution is 7.91. The van der Waals surface area contributed by atoms with E-state index in [4.69, 9.17) is 0 Å². The number of carbonyl (C=O) groups excluding carboxylic acids is 1. The summed E-state index contributed by atoms with van der Waals surface area (Å²) in [6, 6.07) is 3.41. The SMILES string of the molecule is CCn1cc(C2CS(=O)(=O)CCN2C(=O)C(C)c2cccs2)cn1. The second-order valence-electron chi connectivity index (χ2n) is 6.03. The van der Waals surface area contributed by atoms with Crippen LogP contribution in [0.25, 0.3) is 0 Å². The zero-order valence-electron chi connectivity index (χ0n) is 13.8. The highest BCUT2D eigenvalue weighted by atomic mass is 32.2. The maximum atomic E-state index is 13.0. The Hall–Kier alpha value is -1.67. The van der Waals surface area contributed by atoms with Gasteiger partial charge in [-0.2, -0.15) is 5.10 Å². The second kappa shape index (κ2) is 6.68. The highest BCUT2D eigenvalue weighted by Crippen LogP contribution is 2.31. The Balaban J connectivity index is 1.90. The quantitative estimate of drug-likeness (QED) is 0.829. The van der Waals surface area contributed by atoms with Gasteiger partial charge in [0.1, 0.15) is 0 Å². The number of sulfone groups is 1. The number of aromatic nitrogens is 2. The number of nitrogens with zero attached hydrogens (tertiary/aromatic N) is 3. The predicted molar refractivity (Wildman–Crippen MR) is 93.7 cm³/mol. The maximum absolute atomic E-state index is 13.0. The van der Waals surface area contributed by atoms with Crippen molar-refractivity contribution >= 4 is 27.1 Å². The zero-order chi connectivity index (χ0) is 17.3. The van der Waals surface area contributed by atoms with Crippen molar-refractivity contribution in [3.8, 4) is 0 Å². The monoisotopic (exact) mass is 367 g/mol. The normalized spacial score (nSPS) is 21.6. The molecule has 24 heavy (non-hydrogen) atoms. The van der Waals surface area contributed by atoms with E-state index >= 15 is 0 Å². The molecule has 3 rings (SSSR count). The first kappa shape index (κ1) is 17.2. The van der Waals surface area contributed by atoms with Gasteiger partial charge in [-0.15, -0.1) is 11.3 Å². The van der Waals surface area contributed by atoms with Crippen LogP contribution in [0.1, 0.15) is 36.2 Å². The average Bonchev–Trinajstić information content (AvgIpc) is 3.24. The Morgan fingerprint density at radius 3 is 2.92 bits per heavy atom. The van der Waals surface area contributed by atoms with Crippen molar-refractivity contribution in [1.82, 2.24) is 14.7 Å². The second-order valence-corrected chi connectivity index (χ2v) is 9.24. The summed E-state index contributed by atoms with van der Waals surface area (Å²) in [7, 11) is -3.15. The van der Waals surface area contributed by atoms with Crippen LogP contribution in [0.2, 0.25) is 0 Å². The van der Waals surface area contributed by atoms with E-state index in [1.807, 2.05) is 37.6 Å². The Bertz CT molecular complexity index is 812. The summed E-state index contributed by atoms with van der Waals surface area (Å²) in [5, 5.41) is 6.18. The molecule has 0 aliphatic carbocycles. The van der Waals surface area contributed by atoms with Crippen LogP contribution < -0.4 is 0 Å². The first-order valence-electron chi connectivity index (χ1n) is 7.98. The zero-order valence-corrected chi connectivity index (χ0v) is 15.4. The van der Waals surface area contributed by atoms with Gasteiger partial charge in [-0.3, -0.25) is 9.48 Å². The summed E-state index contributed by atoms with van der Waals surface area (Å²) >= 11 is 1.55. The van der Waals surface area contributed by atoms with E-state index in [0.29, 0.717) is 6.54 Å². The van der Waals surface area contributed by atoms with Crippen molar-refractivity contribution in [2.45, 2.75) is 32.4 Å². The molecule has 1 aliphatic heterocycles. The number of hydrogen-bond donors (Lipinski definition) is 0. The van der Waals surface area contributed by atoms with Gasteiger partial charge < -0.3 is 4.90 Å². The van der Waals surface area contributed by atoms with Crippen molar-refractivity contribution in [2.75, 3.05) is 18.1 Å². The first-order chi connectivity index (χ1) is 11.4. The van der Waals surface area contributed by atoms with Crippen LogP contribution >= 0.6 is 11.3 Å². The molecule has 0 spiro atoms. The smallest absolute Gasteiger partial charge is 0.231 e. The number of aryl methyl sites for hydroxylation is 1. The molecule has 2 aromatic heterocycles. The molecule has 1 aliphatic rings. The maximum Gasteiger partial charge on any atom is 0.231 e. The third-order valence-corrected chi connectivity index (χ3v) is 7.10. The molecule has 3 heterocycles. The molecule has 0 saturated carbocycles. The summed E-state index contributed by atoms with van der Waals surface area (Å²) in [6.07, 6.45) is 3.51. The largest absolute Gasteiger partial charge is 0.333 e. The van der Waals surface area contributed by atoms with E-state index in [-0.39, 0.29) is 29.9 Å². The Labute approximate surface area is 146 Å². The molecule has 0 aromatic carbocycles. The summed E-state index contributed by atoms with van der Waals surface area (Å²) in [5.74, 6) is -0.310. The molecule has 2 aromatic rings. The van der Waals surface area contributed by atoms with E-state index in [2.05, 4.69) is 5.10 Å². The van der Waals surface area contributed by atoms with Gasteiger partial charge in [0.15, 0.2) is 9.84 Å². The van der Waals surface area contributed by atoms with Crippen LogP contribution in [0.5, 0.6) is 0 Å². The van der Waals surface area contributed by atoms with Crippen LogP contribution in [-0.2, 0) is 21.2 Å². The first-order valence-corrected chi connectivity index (χ1v) is 10.7. The molecule has 1 amide bonds. The minimum absolute atomic E-state index is 0.0221. The topological polar surface area (TPSA) is 72.3 Å². The summed E-state index contributed by atoms with van der Waals surface area (Å²) in [4.78, 5) is 15.7. The van der Waals surface area contributed by atoms with E-state index in [1.54, 1.807) is 27.1 Å². The van der Waals surface area contributed by atoms with Crippen LogP contribution in [0.15, 0.2) is 29.9 Å². The van der Waals surface area contributed by atoms with Gasteiger partial charge in [0.05, 0.1) is 29.7 Å². The number of thiophene rings is 1. The van der Waals surface area contributed by atoms with E-state index < -0.39 is 15.9 Å². The van der Waals surface area contributed by atoms with Gasteiger partial charge in [-0.25, -0.2) is 8.42 Å². The minimum Gasteiger partial charge on any atom is -0.333 e. The fourth-order valence-electron chi connectivity index (χ4n) is 2.98. The van der Waals surface area contributed by atoms with Gasteiger partial charge in [-0.1, -0.05) is 6.07 Å². The van der Waals surface area contributed by atoms with Gasteiger partial charge in [0.2, 0.25) is 5.91 Å². The summed E-state index contributed by atoms with van der Waals surface area (Å²) in [6.45, 7) is 4.79. The molecular formula is C16H21N3O3S2. The molecule has 2 unspecified atom stereocenters. The number of carbonyl (C=O) groups is 1. The highest BCUT2D eigenvalue weighted by Gasteiger charge is 2.37. The molecule has 0 N–H and O–H groups in total. The van der Waals surface area contributed by atoms with Crippen LogP contribution in [0.3, 0.4) is 0 Å². The number of amides is 1. The molecule has 0 radical (unpaired) electrons. The van der Waals surface area contributed by atoms with Crippen molar-refractivity contribution in [1.29, 1.82) is 0 Å². The van der Waals surface area contributed by atoms with Crippen molar-refractivity contribution < 1.29 is 13.2 Å². The van der Waals surface area contributed by atoms with E-state index in [1.165, 1.54) is 0 Å². The lowest BCUT2D eigenvalue weighted by molar-refractivity contribution is -0.134. The molecule has 1 saturated heterocycles. The molecule has 1 fully saturated rings. The van der Waals surface area contributed by atoms with Crippen LogP contribution in [-0.4, -0.2) is 47.1 Å². The fraction of sp³-hybridized carbons (Fsp3) is 0.500. The Kier molecular flexibility index (Phi) is 4.78. The van der Waals surface area contributed by atoms with Crippen molar-refractivity contribution in [3.63, 3.8) is 0 Å². The van der Waals surface area contributed by atoms with Gasteiger partial charge in [0.25, 0.3) is 0 Å². The lowest BCUT2D eigenvalue weighted by Gasteiger charge is -2.36. The van der Waals surface area contributed by atoms with E-state index in [9.17, 15) is 13.2 Å². The minimum atomic E-state index is -3.15. The molecule has 8 heteroatoms. The van der Waals surface area contributed by atoms with Gasteiger partial charge >= 0.3 is 0 Å². The fourth-order valence-corrected chi connectivity index (χ4v) is 5.25. The molecule has 130 valence electrons. The third-order valence-electron chi connectivity index (χ3n) is 4.42. The molecule has 2 atom stereocenters. The Morgan fingerprint density at radius 2 is 2.29 bits per heavy atom. The number of hydrogen-bond acceptors (Lipinski definition) is 5. The lowest BCUT2D eigenvalue weighted by Crippen LogP contribution is -2.47. The molecule has 0 bridgehead atoms. The van der Waals surface area contributed by atoms with Crippen molar-refractivity contribution in [3.05, 3.63) is 40.3 Å². The number of rotatable bonds is 4. The van der Waals surface area contributed by atoms with Gasteiger partial charge in [0, 0.05) is 29.7 Å². The van der Waals surface area contributed by atoms with Crippen LogP contribution in [0, 0.1) is 0 Å². The summed E-state index contributed by atoms with van der Waals surface area (Å²) < 4.78 is 26.0.